The van der Waals surface area contributed by atoms with E-state index in [1.165, 1.54) is 17.4 Å². The van der Waals surface area contributed by atoms with Gasteiger partial charge in [0.05, 0.1) is 0 Å². The minimum absolute atomic E-state index is 0.356. The number of nitrogens with zero attached hydrogens (tertiary/aromatic N) is 2. The molecule has 0 saturated carbocycles. The van der Waals surface area contributed by atoms with E-state index in [0.717, 1.165) is 11.1 Å². The molecule has 1 heterocycles. The topological polar surface area (TPSA) is 84.0 Å². The zero-order valence-corrected chi connectivity index (χ0v) is 16.5. The van der Waals surface area contributed by atoms with Crippen LogP contribution in [0.25, 0.3) is 16.6 Å². The van der Waals surface area contributed by atoms with E-state index in [4.69, 9.17) is 11.6 Å². The number of hydrogen-bond donors (Lipinski definition) is 2. The Kier molecular flexibility index (Phi) is 6.52. The molecule has 142 valence electrons. The zero-order valence-electron chi connectivity index (χ0n) is 14.9. The zero-order chi connectivity index (χ0) is 19.9. The quantitative estimate of drug-likeness (QED) is 0.599. The number of nitrogens with one attached hydrogen (secondary N) is 2. The number of hydrogen-bond acceptors (Lipinski definition) is 5. The lowest BCUT2D eigenvalue weighted by molar-refractivity contribution is -0.123. The summed E-state index contributed by atoms with van der Waals surface area (Å²) in [6.45, 7) is 1.60. The third kappa shape index (κ3) is 5.48. The van der Waals surface area contributed by atoms with E-state index in [2.05, 4.69) is 20.8 Å². The summed E-state index contributed by atoms with van der Waals surface area (Å²) in [5.41, 5.74) is 1.76. The van der Waals surface area contributed by atoms with Crippen molar-refractivity contribution in [3.63, 3.8) is 0 Å². The van der Waals surface area contributed by atoms with Gasteiger partial charge in [0, 0.05) is 16.7 Å². The van der Waals surface area contributed by atoms with Gasteiger partial charge in [0.15, 0.2) is 0 Å². The van der Waals surface area contributed by atoms with Gasteiger partial charge in [-0.05, 0) is 30.7 Å². The van der Waals surface area contributed by atoms with E-state index < -0.39 is 6.04 Å². The number of benzene rings is 2. The van der Waals surface area contributed by atoms with Gasteiger partial charge in [0.25, 0.3) is 0 Å². The van der Waals surface area contributed by atoms with E-state index in [9.17, 15) is 9.59 Å². The summed E-state index contributed by atoms with van der Waals surface area (Å²) in [7, 11) is 0. The molecular formula is C20H17ClN4O2S. The van der Waals surface area contributed by atoms with Crippen molar-refractivity contribution in [3.8, 4) is 10.6 Å². The van der Waals surface area contributed by atoms with Gasteiger partial charge in [-0.25, -0.2) is 0 Å². The number of aromatic nitrogens is 2. The molecule has 0 aliphatic carbocycles. The molecule has 2 N–H and O–H groups in total. The first kappa shape index (κ1) is 19.7. The Morgan fingerprint density at radius 3 is 2.50 bits per heavy atom. The van der Waals surface area contributed by atoms with Crippen molar-refractivity contribution < 1.29 is 9.59 Å². The van der Waals surface area contributed by atoms with Gasteiger partial charge in [0.2, 0.25) is 16.9 Å². The molecule has 0 aliphatic rings. The van der Waals surface area contributed by atoms with E-state index in [-0.39, 0.29) is 11.8 Å². The maximum atomic E-state index is 12.3. The van der Waals surface area contributed by atoms with Crippen LogP contribution in [-0.2, 0) is 9.59 Å². The fourth-order valence-corrected chi connectivity index (χ4v) is 3.14. The third-order valence-electron chi connectivity index (χ3n) is 3.73. The second-order valence-corrected chi connectivity index (χ2v) is 7.30. The van der Waals surface area contributed by atoms with E-state index in [1.807, 2.05) is 42.5 Å². The van der Waals surface area contributed by atoms with Gasteiger partial charge < -0.3 is 5.32 Å². The lowest BCUT2D eigenvalue weighted by Crippen LogP contribution is -2.40. The lowest BCUT2D eigenvalue weighted by atomic mass is 10.2. The molecule has 2 amide bonds. The normalized spacial score (nSPS) is 11.9. The highest BCUT2D eigenvalue weighted by atomic mass is 35.5. The summed E-state index contributed by atoms with van der Waals surface area (Å²) >= 11 is 7.12. The molecule has 1 aromatic heterocycles. The molecule has 1 atom stereocenters. The Bertz CT molecular complexity index is 987. The molecule has 3 rings (SSSR count). The number of anilines is 1. The van der Waals surface area contributed by atoms with Crippen molar-refractivity contribution in [2.75, 3.05) is 5.32 Å². The minimum Gasteiger partial charge on any atom is -0.341 e. The van der Waals surface area contributed by atoms with Crippen LogP contribution >= 0.6 is 22.9 Å². The fraction of sp³-hybridized carbons (Fsp3) is 0.100. The highest BCUT2D eigenvalue weighted by Gasteiger charge is 2.17. The Balaban J connectivity index is 1.55. The third-order valence-corrected chi connectivity index (χ3v) is 4.86. The first-order chi connectivity index (χ1) is 13.5. The van der Waals surface area contributed by atoms with Gasteiger partial charge >= 0.3 is 0 Å². The summed E-state index contributed by atoms with van der Waals surface area (Å²) < 4.78 is 0. The van der Waals surface area contributed by atoms with Gasteiger partial charge in [0.1, 0.15) is 11.0 Å². The van der Waals surface area contributed by atoms with Crippen molar-refractivity contribution in [1.82, 2.24) is 15.5 Å². The van der Waals surface area contributed by atoms with Crippen molar-refractivity contribution in [2.45, 2.75) is 13.0 Å². The first-order valence-electron chi connectivity index (χ1n) is 8.45. The lowest BCUT2D eigenvalue weighted by Gasteiger charge is -2.11. The van der Waals surface area contributed by atoms with Crippen LogP contribution in [0.5, 0.6) is 0 Å². The fourth-order valence-electron chi connectivity index (χ4n) is 2.26. The molecule has 6 nitrogen and oxygen atoms in total. The molecule has 0 radical (unpaired) electrons. The molecule has 0 unspecified atom stereocenters. The van der Waals surface area contributed by atoms with E-state index in [1.54, 1.807) is 25.1 Å². The molecular weight excluding hydrogens is 396 g/mol. The number of halogens is 1. The smallest absolute Gasteiger partial charge is 0.248 e. The van der Waals surface area contributed by atoms with Gasteiger partial charge in [-0.15, -0.1) is 10.2 Å². The average molecular weight is 413 g/mol. The van der Waals surface area contributed by atoms with Crippen molar-refractivity contribution in [1.29, 1.82) is 0 Å². The summed E-state index contributed by atoms with van der Waals surface area (Å²) in [6.07, 6.45) is 3.08. The van der Waals surface area contributed by atoms with Crippen molar-refractivity contribution in [2.24, 2.45) is 0 Å². The average Bonchev–Trinajstić information content (AvgIpc) is 3.16. The minimum atomic E-state index is -0.726. The van der Waals surface area contributed by atoms with Gasteiger partial charge in [-0.1, -0.05) is 65.4 Å². The molecule has 0 spiro atoms. The van der Waals surface area contributed by atoms with Crippen LogP contribution in [-0.4, -0.2) is 28.1 Å². The molecule has 0 bridgehead atoms. The Hall–Kier alpha value is -3.03. The number of rotatable bonds is 6. The maximum absolute atomic E-state index is 12.3. The summed E-state index contributed by atoms with van der Waals surface area (Å²) in [4.78, 5) is 24.3. The molecule has 3 aromatic rings. The second-order valence-electron chi connectivity index (χ2n) is 5.88. The van der Waals surface area contributed by atoms with Crippen LogP contribution in [0, 0.1) is 0 Å². The molecule has 2 aromatic carbocycles. The number of carbonyl (C=O) groups excluding carboxylic acids is 2. The summed E-state index contributed by atoms with van der Waals surface area (Å²) in [5.74, 6) is -0.731. The molecule has 28 heavy (non-hydrogen) atoms. The van der Waals surface area contributed by atoms with Gasteiger partial charge in [-0.3, -0.25) is 14.9 Å². The summed E-state index contributed by atoms with van der Waals surface area (Å²) in [5, 5.41) is 15.0. The largest absolute Gasteiger partial charge is 0.341 e. The predicted octanol–water partition coefficient (Wildman–Crippen LogP) is 4.02. The predicted molar refractivity (Wildman–Crippen MR) is 112 cm³/mol. The molecule has 0 fully saturated rings. The second kappa shape index (κ2) is 9.25. The highest BCUT2D eigenvalue weighted by Crippen LogP contribution is 2.27. The van der Waals surface area contributed by atoms with E-state index >= 15 is 0 Å². The van der Waals surface area contributed by atoms with Crippen LogP contribution in [0.4, 0.5) is 5.13 Å². The maximum Gasteiger partial charge on any atom is 0.248 e. The molecule has 0 saturated heterocycles. The number of carbonyl (C=O) groups is 2. The highest BCUT2D eigenvalue weighted by molar-refractivity contribution is 7.18. The molecule has 0 aliphatic heterocycles. The number of amides is 2. The van der Waals surface area contributed by atoms with Crippen LogP contribution < -0.4 is 10.6 Å². The molecule has 8 heteroatoms. The van der Waals surface area contributed by atoms with Crippen LogP contribution in [0.3, 0.4) is 0 Å². The van der Waals surface area contributed by atoms with Crippen molar-refractivity contribution >= 4 is 46.0 Å². The van der Waals surface area contributed by atoms with Gasteiger partial charge in [-0.2, -0.15) is 0 Å². The Morgan fingerprint density at radius 2 is 1.79 bits per heavy atom. The Morgan fingerprint density at radius 1 is 1.07 bits per heavy atom. The monoisotopic (exact) mass is 412 g/mol. The summed E-state index contributed by atoms with van der Waals surface area (Å²) in [6, 6.07) is 15.9. The Labute approximate surface area is 171 Å². The first-order valence-corrected chi connectivity index (χ1v) is 9.64. The van der Waals surface area contributed by atoms with Crippen LogP contribution in [0.1, 0.15) is 12.5 Å². The van der Waals surface area contributed by atoms with Crippen LogP contribution in [0.15, 0.2) is 60.7 Å². The van der Waals surface area contributed by atoms with Crippen molar-refractivity contribution in [3.05, 3.63) is 71.3 Å². The standard InChI is InChI=1S/C20H17ClN4O2S/c1-13(22-17(26)12-7-14-5-3-2-4-6-14)18(27)23-20-25-24-19(28-20)15-8-10-16(21)11-9-15/h2-13H,1H3,(H,22,26)(H,23,25,27)/t13-/m1/s1. The van der Waals surface area contributed by atoms with E-state index in [0.29, 0.717) is 15.2 Å². The van der Waals surface area contributed by atoms with Crippen LogP contribution in [0.2, 0.25) is 5.02 Å². The SMILES string of the molecule is C[C@@H](NC(=O)C=Cc1ccccc1)C(=O)Nc1nnc(-c2ccc(Cl)cc2)s1.